The molecule has 0 aliphatic heterocycles. The van der Waals surface area contributed by atoms with Crippen molar-refractivity contribution in [3.8, 4) is 11.1 Å². The van der Waals surface area contributed by atoms with Gasteiger partial charge < -0.3 is 4.42 Å². The quantitative estimate of drug-likeness (QED) is 0.406. The van der Waals surface area contributed by atoms with Gasteiger partial charge >= 0.3 is 0 Å². The molecule has 1 aromatic heterocycles. The van der Waals surface area contributed by atoms with Crippen molar-refractivity contribution >= 4 is 24.9 Å². The molecule has 0 fully saturated rings. The molecule has 1 aliphatic rings. The molecule has 0 N–H and O–H groups in total. The van der Waals surface area contributed by atoms with E-state index in [9.17, 15) is 0 Å². The zero-order chi connectivity index (χ0) is 21.8. The van der Waals surface area contributed by atoms with Gasteiger partial charge in [-0.2, -0.15) is 0 Å². The summed E-state index contributed by atoms with van der Waals surface area (Å²) in [4.78, 5) is 0. The minimum atomic E-state index is -1.37. The van der Waals surface area contributed by atoms with E-state index in [1.165, 1.54) is 50.1 Å². The first-order valence-electron chi connectivity index (χ1n) is 11.1. The number of hydrogen-bond donors (Lipinski definition) is 0. The van der Waals surface area contributed by atoms with E-state index in [2.05, 4.69) is 83.7 Å². The fourth-order valence-corrected chi connectivity index (χ4v) is 7.78. The van der Waals surface area contributed by atoms with Gasteiger partial charge in [-0.05, 0) is 85.2 Å². The lowest BCUT2D eigenvalue weighted by Crippen LogP contribution is -2.41. The molecule has 0 saturated heterocycles. The summed E-state index contributed by atoms with van der Waals surface area (Å²) in [5, 5.41) is 1.61. The molecule has 0 atom stereocenters. The zero-order valence-corrected chi connectivity index (χ0v) is 20.8. The smallest absolute Gasteiger partial charge is 0.130 e. The van der Waals surface area contributed by atoms with Crippen molar-refractivity contribution in [3.05, 3.63) is 75.2 Å². The molecule has 0 spiro atoms. The van der Waals surface area contributed by atoms with Gasteiger partial charge in [0.1, 0.15) is 11.5 Å². The van der Waals surface area contributed by atoms with Crippen LogP contribution in [0.15, 0.2) is 34.7 Å². The molecule has 0 unspecified atom stereocenters. The third kappa shape index (κ3) is 3.52. The van der Waals surface area contributed by atoms with Crippen LogP contribution in [0, 0.1) is 27.7 Å². The highest BCUT2D eigenvalue weighted by molar-refractivity contribution is 6.89. The summed E-state index contributed by atoms with van der Waals surface area (Å²) >= 11 is 0. The molecule has 156 valence electrons. The number of aryl methyl sites for hydroxylation is 5. The molecule has 30 heavy (non-hydrogen) atoms. The van der Waals surface area contributed by atoms with E-state index < -0.39 is 8.07 Å². The van der Waals surface area contributed by atoms with Gasteiger partial charge in [0.2, 0.25) is 0 Å². The largest absolute Gasteiger partial charge is 0.461 e. The van der Waals surface area contributed by atoms with Gasteiger partial charge in [0.25, 0.3) is 0 Å². The van der Waals surface area contributed by atoms with Gasteiger partial charge in [0.05, 0.1) is 8.07 Å². The Labute approximate surface area is 182 Å². The number of fused-ring (bicyclic) bond motifs is 1. The SMILES string of the molecule is CCc1ccc2c(c1-c1cc(C)c([Si](C)(C)C)c(C)c1)C=C(c1cc(C)c(C)o1)C2. The van der Waals surface area contributed by atoms with Gasteiger partial charge in [-0.15, -0.1) is 0 Å². The highest BCUT2D eigenvalue weighted by Crippen LogP contribution is 2.41. The van der Waals surface area contributed by atoms with Crippen molar-refractivity contribution in [1.29, 1.82) is 0 Å². The average molecular weight is 415 g/mol. The second-order valence-corrected chi connectivity index (χ2v) is 15.0. The standard InChI is InChI=1S/C28H34OSi/c1-9-21-10-11-22-15-23(26-14-17(2)20(5)29-26)16-25(22)27(21)24-12-18(3)28(19(4)13-24)30(6,7)8/h10-14,16H,9,15H2,1-8H3. The molecule has 2 aromatic carbocycles. The van der Waals surface area contributed by atoms with Crippen LogP contribution >= 0.6 is 0 Å². The molecule has 0 saturated carbocycles. The van der Waals surface area contributed by atoms with E-state index >= 15 is 0 Å². The van der Waals surface area contributed by atoms with E-state index in [-0.39, 0.29) is 0 Å². The maximum Gasteiger partial charge on any atom is 0.130 e. The van der Waals surface area contributed by atoms with E-state index in [0.717, 1.165) is 24.4 Å². The summed E-state index contributed by atoms with van der Waals surface area (Å²) in [5.41, 5.74) is 12.4. The minimum absolute atomic E-state index is 0.948. The highest BCUT2D eigenvalue weighted by atomic mass is 28.3. The van der Waals surface area contributed by atoms with Crippen LogP contribution in [0.1, 0.15) is 51.8 Å². The third-order valence-electron chi connectivity index (χ3n) is 6.56. The van der Waals surface area contributed by atoms with Gasteiger partial charge in [0.15, 0.2) is 0 Å². The Morgan fingerprint density at radius 3 is 2.10 bits per heavy atom. The average Bonchev–Trinajstić information content (AvgIpc) is 3.22. The predicted octanol–water partition coefficient (Wildman–Crippen LogP) is 7.38. The van der Waals surface area contributed by atoms with Crippen LogP contribution in [-0.2, 0) is 12.8 Å². The number of rotatable bonds is 4. The Hall–Kier alpha value is -2.32. The zero-order valence-electron chi connectivity index (χ0n) is 19.8. The van der Waals surface area contributed by atoms with Crippen LogP contribution in [0.5, 0.6) is 0 Å². The Morgan fingerprint density at radius 2 is 1.57 bits per heavy atom. The number of furan rings is 1. The van der Waals surface area contributed by atoms with Crippen LogP contribution in [-0.4, -0.2) is 8.07 Å². The molecule has 0 radical (unpaired) electrons. The molecule has 0 amide bonds. The van der Waals surface area contributed by atoms with E-state index in [4.69, 9.17) is 4.42 Å². The van der Waals surface area contributed by atoms with Gasteiger partial charge in [-0.25, -0.2) is 0 Å². The summed E-state index contributed by atoms with van der Waals surface area (Å²) in [5.74, 6) is 2.04. The summed E-state index contributed by atoms with van der Waals surface area (Å²) in [6.45, 7) is 18.4. The molecule has 1 nitrogen and oxygen atoms in total. The molecule has 3 aromatic rings. The number of hydrogen-bond acceptors (Lipinski definition) is 1. The fourth-order valence-electron chi connectivity index (χ4n) is 5.27. The number of allylic oxidation sites excluding steroid dienone is 1. The topological polar surface area (TPSA) is 13.1 Å². The molecule has 2 heteroatoms. The van der Waals surface area contributed by atoms with Crippen LogP contribution in [0.2, 0.25) is 19.6 Å². The monoisotopic (exact) mass is 414 g/mol. The van der Waals surface area contributed by atoms with Crippen molar-refractivity contribution in [2.75, 3.05) is 0 Å². The van der Waals surface area contributed by atoms with E-state index in [0.29, 0.717) is 0 Å². The van der Waals surface area contributed by atoms with Crippen LogP contribution in [0.25, 0.3) is 22.8 Å². The Kier molecular flexibility index (Phi) is 5.18. The van der Waals surface area contributed by atoms with Gasteiger partial charge in [0, 0.05) is 6.42 Å². The van der Waals surface area contributed by atoms with Crippen molar-refractivity contribution < 1.29 is 4.42 Å². The van der Waals surface area contributed by atoms with Crippen LogP contribution < -0.4 is 5.19 Å². The normalized spacial score (nSPS) is 13.5. The lowest BCUT2D eigenvalue weighted by atomic mass is 9.89. The molecule has 0 bridgehead atoms. The summed E-state index contributed by atoms with van der Waals surface area (Å²) in [6.07, 6.45) is 4.36. The maximum atomic E-state index is 6.06. The summed E-state index contributed by atoms with van der Waals surface area (Å²) in [6, 6.07) is 11.7. The Morgan fingerprint density at radius 1 is 0.900 bits per heavy atom. The van der Waals surface area contributed by atoms with Crippen molar-refractivity contribution in [3.63, 3.8) is 0 Å². The van der Waals surface area contributed by atoms with Crippen LogP contribution in [0.3, 0.4) is 0 Å². The highest BCUT2D eigenvalue weighted by Gasteiger charge is 2.25. The molecule has 4 rings (SSSR count). The first-order valence-corrected chi connectivity index (χ1v) is 14.6. The maximum absolute atomic E-state index is 6.06. The predicted molar refractivity (Wildman–Crippen MR) is 133 cm³/mol. The molecule has 1 aliphatic carbocycles. The lowest BCUT2D eigenvalue weighted by molar-refractivity contribution is 0.518. The van der Waals surface area contributed by atoms with E-state index in [1.807, 2.05) is 6.92 Å². The minimum Gasteiger partial charge on any atom is -0.461 e. The molecule has 1 heterocycles. The summed E-state index contributed by atoms with van der Waals surface area (Å²) in [7, 11) is -1.37. The molecular weight excluding hydrogens is 380 g/mol. The summed E-state index contributed by atoms with van der Waals surface area (Å²) < 4.78 is 6.06. The van der Waals surface area contributed by atoms with Crippen molar-refractivity contribution in [2.24, 2.45) is 0 Å². The second-order valence-electron chi connectivity index (χ2n) is 9.96. The fraction of sp³-hybridized carbons (Fsp3) is 0.357. The van der Waals surface area contributed by atoms with Gasteiger partial charge in [-0.3, -0.25) is 0 Å². The number of benzene rings is 2. The first-order chi connectivity index (χ1) is 14.1. The molecular formula is C28H34OSi. The van der Waals surface area contributed by atoms with Crippen molar-refractivity contribution in [2.45, 2.75) is 67.1 Å². The van der Waals surface area contributed by atoms with Crippen LogP contribution in [0.4, 0.5) is 0 Å². The third-order valence-corrected chi connectivity index (χ3v) is 8.84. The van der Waals surface area contributed by atoms with Gasteiger partial charge in [-0.1, -0.05) is 67.1 Å². The first kappa shape index (κ1) is 20.9. The Bertz CT molecular complexity index is 1130. The Balaban J connectivity index is 1.90. The van der Waals surface area contributed by atoms with E-state index in [1.54, 1.807) is 5.19 Å². The second kappa shape index (κ2) is 7.42. The van der Waals surface area contributed by atoms with Crippen molar-refractivity contribution in [1.82, 2.24) is 0 Å². The lowest BCUT2D eigenvalue weighted by Gasteiger charge is -2.24.